The average molecular weight is 406 g/mol. The molecular weight excluding hydrogens is 385 g/mol. The minimum atomic E-state index is -0.483. The molecule has 1 heterocycles. The second-order valence-corrected chi connectivity index (χ2v) is 7.47. The fourth-order valence-corrected chi connectivity index (χ4v) is 3.50. The number of likely N-dealkylation sites (tertiary alicyclic amines) is 1. The van der Waals surface area contributed by atoms with Gasteiger partial charge < -0.3 is 5.32 Å². The molecule has 1 saturated heterocycles. The van der Waals surface area contributed by atoms with Crippen LogP contribution in [0.1, 0.15) is 24.0 Å². The summed E-state index contributed by atoms with van der Waals surface area (Å²) in [5.41, 5.74) is 1.76. The minimum absolute atomic E-state index is 0.0549. The first-order valence-corrected chi connectivity index (χ1v) is 9.43. The number of halogens is 2. The van der Waals surface area contributed by atoms with Gasteiger partial charge in [0.2, 0.25) is 5.91 Å². The zero-order chi connectivity index (χ0) is 20.3. The van der Waals surface area contributed by atoms with Crippen LogP contribution >= 0.6 is 11.6 Å². The van der Waals surface area contributed by atoms with Gasteiger partial charge in [-0.3, -0.25) is 19.8 Å². The van der Waals surface area contributed by atoms with Gasteiger partial charge >= 0.3 is 0 Å². The van der Waals surface area contributed by atoms with Crippen LogP contribution in [0, 0.1) is 28.8 Å². The second-order valence-electron chi connectivity index (χ2n) is 7.03. The summed E-state index contributed by atoms with van der Waals surface area (Å²) < 4.78 is 14.0. The molecule has 0 aromatic heterocycles. The summed E-state index contributed by atoms with van der Waals surface area (Å²) >= 11 is 5.78. The van der Waals surface area contributed by atoms with Crippen molar-refractivity contribution in [2.45, 2.75) is 26.3 Å². The van der Waals surface area contributed by atoms with E-state index in [0.29, 0.717) is 48.7 Å². The van der Waals surface area contributed by atoms with Crippen LogP contribution in [-0.2, 0) is 11.3 Å². The standard InChI is InChI=1S/C20H21ClFN3O3/c1-13-2-5-17(25(27)28)11-19(13)23-20(26)14-6-8-24(9-7-14)12-15-3-4-16(21)10-18(15)22/h2-5,10-11,14H,6-9,12H2,1H3,(H,23,26). The molecule has 0 saturated carbocycles. The number of carbonyl (C=O) groups is 1. The number of anilines is 1. The Bertz CT molecular complexity index is 898. The monoisotopic (exact) mass is 405 g/mol. The number of piperidine rings is 1. The maximum absolute atomic E-state index is 14.0. The summed E-state index contributed by atoms with van der Waals surface area (Å²) in [5.74, 6) is -0.639. The number of rotatable bonds is 5. The van der Waals surface area contributed by atoms with Crippen molar-refractivity contribution in [1.29, 1.82) is 0 Å². The summed E-state index contributed by atoms with van der Waals surface area (Å²) in [5, 5.41) is 14.1. The molecule has 0 unspecified atom stereocenters. The second kappa shape index (κ2) is 8.67. The molecule has 2 aromatic carbocycles. The normalized spacial score (nSPS) is 15.4. The molecule has 0 bridgehead atoms. The van der Waals surface area contributed by atoms with Crippen LogP contribution in [0.2, 0.25) is 5.02 Å². The summed E-state index contributed by atoms with van der Waals surface area (Å²) in [6, 6.07) is 9.07. The Kier molecular flexibility index (Phi) is 6.26. The number of non-ortho nitro benzene ring substituents is 1. The van der Waals surface area contributed by atoms with Gasteiger partial charge in [0.15, 0.2) is 0 Å². The third-order valence-corrected chi connectivity index (χ3v) is 5.29. The smallest absolute Gasteiger partial charge is 0.271 e. The van der Waals surface area contributed by atoms with Crippen LogP contribution < -0.4 is 5.32 Å². The van der Waals surface area contributed by atoms with Crippen molar-refractivity contribution < 1.29 is 14.1 Å². The number of amides is 1. The van der Waals surface area contributed by atoms with Crippen molar-refractivity contribution >= 4 is 28.9 Å². The van der Waals surface area contributed by atoms with Crippen LogP contribution in [0.4, 0.5) is 15.8 Å². The van der Waals surface area contributed by atoms with Crippen molar-refractivity contribution in [3.8, 4) is 0 Å². The highest BCUT2D eigenvalue weighted by atomic mass is 35.5. The molecule has 1 aliphatic rings. The zero-order valence-corrected chi connectivity index (χ0v) is 16.2. The van der Waals surface area contributed by atoms with Gasteiger partial charge in [0.05, 0.1) is 10.6 Å². The number of nitrogens with zero attached hydrogens (tertiary/aromatic N) is 2. The van der Waals surface area contributed by atoms with Crippen LogP contribution in [-0.4, -0.2) is 28.8 Å². The topological polar surface area (TPSA) is 75.5 Å². The molecule has 6 nitrogen and oxygen atoms in total. The van der Waals surface area contributed by atoms with Gasteiger partial charge in [0.1, 0.15) is 5.82 Å². The lowest BCUT2D eigenvalue weighted by Gasteiger charge is -2.31. The van der Waals surface area contributed by atoms with Crippen LogP contribution in [0.3, 0.4) is 0 Å². The molecule has 2 aromatic rings. The van der Waals surface area contributed by atoms with Crippen LogP contribution in [0.25, 0.3) is 0 Å². The number of nitro groups is 1. The molecule has 148 valence electrons. The molecule has 1 amide bonds. The molecule has 1 fully saturated rings. The Morgan fingerprint density at radius 1 is 1.29 bits per heavy atom. The first-order valence-electron chi connectivity index (χ1n) is 9.05. The number of aryl methyl sites for hydroxylation is 1. The third kappa shape index (κ3) is 4.85. The van der Waals surface area contributed by atoms with Gasteiger partial charge in [-0.25, -0.2) is 4.39 Å². The first-order chi connectivity index (χ1) is 13.3. The molecule has 0 radical (unpaired) electrons. The van der Waals surface area contributed by atoms with E-state index in [0.717, 1.165) is 5.56 Å². The molecule has 1 N–H and O–H groups in total. The van der Waals surface area contributed by atoms with E-state index in [1.165, 1.54) is 18.2 Å². The third-order valence-electron chi connectivity index (χ3n) is 5.06. The van der Waals surface area contributed by atoms with E-state index in [1.807, 2.05) is 0 Å². The Labute approximate surface area is 167 Å². The van der Waals surface area contributed by atoms with Gasteiger partial charge in [0, 0.05) is 35.2 Å². The number of nitrogens with one attached hydrogen (secondary N) is 1. The highest BCUT2D eigenvalue weighted by Gasteiger charge is 2.26. The lowest BCUT2D eigenvalue weighted by atomic mass is 9.95. The van der Waals surface area contributed by atoms with E-state index >= 15 is 0 Å². The molecule has 0 spiro atoms. The van der Waals surface area contributed by atoms with Gasteiger partial charge in [-0.2, -0.15) is 0 Å². The van der Waals surface area contributed by atoms with Gasteiger partial charge in [-0.05, 0) is 50.6 Å². The SMILES string of the molecule is Cc1ccc([N+](=O)[O-])cc1NC(=O)C1CCN(Cc2ccc(Cl)cc2F)CC1. The Balaban J connectivity index is 1.57. The highest BCUT2D eigenvalue weighted by molar-refractivity contribution is 6.30. The number of benzene rings is 2. The highest BCUT2D eigenvalue weighted by Crippen LogP contribution is 2.25. The van der Waals surface area contributed by atoms with E-state index in [9.17, 15) is 19.3 Å². The summed E-state index contributed by atoms with van der Waals surface area (Å²) in [7, 11) is 0. The Morgan fingerprint density at radius 3 is 2.64 bits per heavy atom. The predicted octanol–water partition coefficient (Wildman–Crippen LogP) is 4.55. The van der Waals surface area contributed by atoms with Crippen molar-refractivity contribution in [3.63, 3.8) is 0 Å². The fourth-order valence-electron chi connectivity index (χ4n) is 3.34. The van der Waals surface area contributed by atoms with Crippen molar-refractivity contribution in [2.75, 3.05) is 18.4 Å². The number of nitro benzene ring substituents is 1. The van der Waals surface area contributed by atoms with Gasteiger partial charge in [-0.15, -0.1) is 0 Å². The molecule has 0 aliphatic carbocycles. The Morgan fingerprint density at radius 2 is 2.00 bits per heavy atom. The van der Waals surface area contributed by atoms with Gasteiger partial charge in [-0.1, -0.05) is 23.7 Å². The maximum atomic E-state index is 14.0. The zero-order valence-electron chi connectivity index (χ0n) is 15.5. The van der Waals surface area contributed by atoms with E-state index in [1.54, 1.807) is 25.1 Å². The average Bonchev–Trinajstić information content (AvgIpc) is 2.66. The molecule has 0 atom stereocenters. The van der Waals surface area contributed by atoms with E-state index < -0.39 is 4.92 Å². The Hall–Kier alpha value is -2.51. The lowest BCUT2D eigenvalue weighted by molar-refractivity contribution is -0.384. The van der Waals surface area contributed by atoms with Crippen molar-refractivity contribution in [3.05, 3.63) is 68.5 Å². The summed E-state index contributed by atoms with van der Waals surface area (Å²) in [4.78, 5) is 25.1. The van der Waals surface area contributed by atoms with E-state index in [2.05, 4.69) is 10.2 Å². The fraction of sp³-hybridized carbons (Fsp3) is 0.350. The maximum Gasteiger partial charge on any atom is 0.271 e. The number of hydrogen-bond acceptors (Lipinski definition) is 4. The largest absolute Gasteiger partial charge is 0.325 e. The van der Waals surface area contributed by atoms with E-state index in [-0.39, 0.29) is 23.3 Å². The number of carbonyl (C=O) groups excluding carboxylic acids is 1. The number of hydrogen-bond donors (Lipinski definition) is 1. The first kappa shape index (κ1) is 20.2. The lowest BCUT2D eigenvalue weighted by Crippen LogP contribution is -2.38. The quantitative estimate of drug-likeness (QED) is 0.585. The molecule has 8 heteroatoms. The van der Waals surface area contributed by atoms with Crippen LogP contribution in [0.5, 0.6) is 0 Å². The molecular formula is C20H21ClFN3O3. The molecule has 3 rings (SSSR count). The van der Waals surface area contributed by atoms with E-state index in [4.69, 9.17) is 11.6 Å². The van der Waals surface area contributed by atoms with Crippen LogP contribution in [0.15, 0.2) is 36.4 Å². The predicted molar refractivity (Wildman–Crippen MR) is 106 cm³/mol. The summed E-state index contributed by atoms with van der Waals surface area (Å²) in [6.45, 7) is 3.62. The van der Waals surface area contributed by atoms with Crippen molar-refractivity contribution in [1.82, 2.24) is 4.90 Å². The summed E-state index contributed by atoms with van der Waals surface area (Å²) in [6.07, 6.45) is 1.30. The van der Waals surface area contributed by atoms with Gasteiger partial charge in [0.25, 0.3) is 5.69 Å². The molecule has 28 heavy (non-hydrogen) atoms. The minimum Gasteiger partial charge on any atom is -0.325 e. The molecule has 1 aliphatic heterocycles. The van der Waals surface area contributed by atoms with Crippen molar-refractivity contribution in [2.24, 2.45) is 5.92 Å².